The van der Waals surface area contributed by atoms with Crippen molar-refractivity contribution in [3.05, 3.63) is 76.0 Å². The number of amides is 2. The van der Waals surface area contributed by atoms with Crippen molar-refractivity contribution in [3.8, 4) is 0 Å². The van der Waals surface area contributed by atoms with E-state index in [0.29, 0.717) is 22.3 Å². The second kappa shape index (κ2) is 10.4. The summed E-state index contributed by atoms with van der Waals surface area (Å²) in [5, 5.41) is 16.0. The fraction of sp³-hybridized carbons (Fsp3) is 0.321. The third-order valence-electron chi connectivity index (χ3n) is 7.22. The first-order valence-corrected chi connectivity index (χ1v) is 13.4. The second-order valence-corrected chi connectivity index (χ2v) is 10.7. The van der Waals surface area contributed by atoms with Crippen LogP contribution in [0.1, 0.15) is 45.9 Å². The maximum Gasteiger partial charge on any atom is 0.256 e. The highest BCUT2D eigenvalue weighted by Crippen LogP contribution is 2.30. The SMILES string of the molecule is CCC(C)(NC(=O)c1ccc2[nH]nc(NC(=O)c3ccc(N4CCN(C)CC4)cc3)c2c1)c1cccs1. The van der Waals surface area contributed by atoms with Gasteiger partial charge in [-0.15, -0.1) is 11.3 Å². The zero-order chi connectivity index (χ0) is 26.0. The number of anilines is 2. The Kier molecular flexibility index (Phi) is 6.99. The quantitative estimate of drug-likeness (QED) is 0.332. The molecule has 1 saturated heterocycles. The van der Waals surface area contributed by atoms with Crippen molar-refractivity contribution in [1.82, 2.24) is 20.4 Å². The summed E-state index contributed by atoms with van der Waals surface area (Å²) >= 11 is 1.63. The van der Waals surface area contributed by atoms with Gasteiger partial charge in [0.2, 0.25) is 0 Å². The van der Waals surface area contributed by atoms with E-state index in [1.807, 2.05) is 54.8 Å². The van der Waals surface area contributed by atoms with Crippen molar-refractivity contribution in [1.29, 1.82) is 0 Å². The largest absolute Gasteiger partial charge is 0.369 e. The molecule has 1 aliphatic heterocycles. The van der Waals surface area contributed by atoms with Crippen molar-refractivity contribution in [3.63, 3.8) is 0 Å². The van der Waals surface area contributed by atoms with Gasteiger partial charge in [-0.1, -0.05) is 13.0 Å². The monoisotopic (exact) mass is 516 g/mol. The Bertz CT molecular complexity index is 1390. The minimum atomic E-state index is -0.454. The number of hydrogen-bond donors (Lipinski definition) is 3. The highest BCUT2D eigenvalue weighted by molar-refractivity contribution is 7.10. The Balaban J connectivity index is 1.30. The van der Waals surface area contributed by atoms with Crippen LogP contribution in [0.5, 0.6) is 0 Å². The number of nitrogens with zero attached hydrogens (tertiary/aromatic N) is 3. The van der Waals surface area contributed by atoms with E-state index in [1.165, 1.54) is 0 Å². The molecule has 1 aliphatic rings. The van der Waals surface area contributed by atoms with Gasteiger partial charge in [0.05, 0.1) is 11.1 Å². The number of benzene rings is 2. The molecular formula is C28H32N6O2S. The molecular weight excluding hydrogens is 484 g/mol. The van der Waals surface area contributed by atoms with Gasteiger partial charge in [0.15, 0.2) is 5.82 Å². The van der Waals surface area contributed by atoms with Crippen LogP contribution in [0.25, 0.3) is 10.9 Å². The first-order valence-electron chi connectivity index (χ1n) is 12.6. The molecule has 192 valence electrons. The summed E-state index contributed by atoms with van der Waals surface area (Å²) in [5.41, 5.74) is 2.47. The summed E-state index contributed by atoms with van der Waals surface area (Å²) in [7, 11) is 2.13. The van der Waals surface area contributed by atoms with Gasteiger partial charge in [-0.2, -0.15) is 5.10 Å². The van der Waals surface area contributed by atoms with E-state index < -0.39 is 5.54 Å². The number of thiophene rings is 1. The molecule has 0 radical (unpaired) electrons. The molecule has 5 rings (SSSR count). The molecule has 2 aromatic carbocycles. The molecule has 0 spiro atoms. The molecule has 3 heterocycles. The van der Waals surface area contributed by atoms with Gasteiger partial charge in [0, 0.05) is 53.3 Å². The molecule has 4 aromatic rings. The van der Waals surface area contributed by atoms with Crippen molar-refractivity contribution >= 4 is 45.6 Å². The summed E-state index contributed by atoms with van der Waals surface area (Å²) < 4.78 is 0. The average Bonchev–Trinajstić information content (AvgIpc) is 3.60. The van der Waals surface area contributed by atoms with Crippen molar-refractivity contribution in [2.24, 2.45) is 0 Å². The van der Waals surface area contributed by atoms with Gasteiger partial charge in [-0.05, 0) is 74.3 Å². The maximum atomic E-state index is 13.2. The van der Waals surface area contributed by atoms with Crippen LogP contribution in [-0.2, 0) is 5.54 Å². The molecule has 37 heavy (non-hydrogen) atoms. The topological polar surface area (TPSA) is 93.4 Å². The summed E-state index contributed by atoms with van der Waals surface area (Å²) in [6.07, 6.45) is 0.766. The standard InChI is InChI=1S/C28H32N6O2S/c1-4-28(2,24-6-5-17-37-24)30-27(36)20-9-12-23-22(18-20)25(32-31-23)29-26(35)19-7-10-21(11-8-19)34-15-13-33(3)14-16-34/h5-12,17-18H,4,13-16H2,1-3H3,(H,30,36)(H2,29,31,32,35). The van der Waals surface area contributed by atoms with E-state index in [4.69, 9.17) is 0 Å². The van der Waals surface area contributed by atoms with Crippen LogP contribution in [0.3, 0.4) is 0 Å². The van der Waals surface area contributed by atoms with E-state index >= 15 is 0 Å². The Morgan fingerprint density at radius 3 is 2.43 bits per heavy atom. The van der Waals surface area contributed by atoms with Crippen molar-refractivity contribution in [2.75, 3.05) is 43.4 Å². The maximum absolute atomic E-state index is 13.2. The molecule has 8 nitrogen and oxygen atoms in total. The van der Waals surface area contributed by atoms with Crippen LogP contribution in [-0.4, -0.2) is 60.1 Å². The normalized spacial score (nSPS) is 15.9. The lowest BCUT2D eigenvalue weighted by Crippen LogP contribution is -2.44. The second-order valence-electron chi connectivity index (χ2n) is 9.74. The Morgan fingerprint density at radius 1 is 1.03 bits per heavy atom. The van der Waals surface area contributed by atoms with Crippen LogP contribution in [0, 0.1) is 0 Å². The smallest absolute Gasteiger partial charge is 0.256 e. The molecule has 1 unspecified atom stereocenters. The number of nitrogens with one attached hydrogen (secondary N) is 3. The van der Waals surface area contributed by atoms with Gasteiger partial charge in [0.25, 0.3) is 11.8 Å². The molecule has 0 aliphatic carbocycles. The first kappa shape index (κ1) is 25.0. The lowest BCUT2D eigenvalue weighted by molar-refractivity contribution is 0.0903. The van der Waals surface area contributed by atoms with Crippen LogP contribution in [0.15, 0.2) is 60.0 Å². The molecule has 2 amide bonds. The highest BCUT2D eigenvalue weighted by Gasteiger charge is 2.28. The third kappa shape index (κ3) is 5.23. The molecule has 9 heteroatoms. The predicted octanol–water partition coefficient (Wildman–Crippen LogP) is 4.68. The first-order chi connectivity index (χ1) is 17.9. The Labute approximate surface area is 220 Å². The zero-order valence-corrected chi connectivity index (χ0v) is 22.2. The van der Waals surface area contributed by atoms with Gasteiger partial charge >= 0.3 is 0 Å². The van der Waals surface area contributed by atoms with Crippen molar-refractivity contribution in [2.45, 2.75) is 25.8 Å². The number of H-pyrrole nitrogens is 1. The van der Waals surface area contributed by atoms with Crippen molar-refractivity contribution < 1.29 is 9.59 Å². The van der Waals surface area contributed by atoms with E-state index in [0.717, 1.165) is 48.7 Å². The minimum Gasteiger partial charge on any atom is -0.369 e. The summed E-state index contributed by atoms with van der Waals surface area (Å²) in [6, 6.07) is 17.0. The third-order valence-corrected chi connectivity index (χ3v) is 8.35. The van der Waals surface area contributed by atoms with E-state index in [-0.39, 0.29) is 11.8 Å². The van der Waals surface area contributed by atoms with Crippen LogP contribution >= 0.6 is 11.3 Å². The number of aromatic amines is 1. The van der Waals surface area contributed by atoms with Crippen LogP contribution in [0.2, 0.25) is 0 Å². The molecule has 2 aromatic heterocycles. The molecule has 0 saturated carbocycles. The summed E-state index contributed by atoms with van der Waals surface area (Å²) in [5.74, 6) is -0.0173. The number of rotatable bonds is 7. The number of piperazine rings is 1. The number of carbonyl (C=O) groups excluding carboxylic acids is 2. The van der Waals surface area contributed by atoms with E-state index in [2.05, 4.69) is 44.6 Å². The predicted molar refractivity (Wildman–Crippen MR) is 150 cm³/mol. The number of carbonyl (C=O) groups is 2. The Hall–Kier alpha value is -3.69. The minimum absolute atomic E-state index is 0.169. The van der Waals surface area contributed by atoms with Gasteiger partial charge in [-0.25, -0.2) is 0 Å². The lowest BCUT2D eigenvalue weighted by Gasteiger charge is -2.34. The highest BCUT2D eigenvalue weighted by atomic mass is 32.1. The summed E-state index contributed by atoms with van der Waals surface area (Å²) in [4.78, 5) is 31.9. The summed E-state index contributed by atoms with van der Waals surface area (Å²) in [6.45, 7) is 8.10. The molecule has 1 atom stereocenters. The fourth-order valence-corrected chi connectivity index (χ4v) is 5.47. The van der Waals surface area contributed by atoms with E-state index in [9.17, 15) is 9.59 Å². The van der Waals surface area contributed by atoms with Crippen LogP contribution < -0.4 is 15.5 Å². The molecule has 3 N–H and O–H groups in total. The van der Waals surface area contributed by atoms with E-state index in [1.54, 1.807) is 23.5 Å². The Morgan fingerprint density at radius 2 is 1.76 bits per heavy atom. The van der Waals surface area contributed by atoms with Gasteiger partial charge < -0.3 is 20.4 Å². The number of fused-ring (bicyclic) bond motifs is 1. The van der Waals surface area contributed by atoms with Gasteiger partial charge in [0.1, 0.15) is 0 Å². The number of likely N-dealkylation sites (N-methyl/N-ethyl adjacent to an activating group) is 1. The number of aromatic nitrogens is 2. The fourth-order valence-electron chi connectivity index (χ4n) is 4.56. The lowest BCUT2D eigenvalue weighted by atomic mass is 9.96. The number of hydrogen-bond acceptors (Lipinski definition) is 6. The average molecular weight is 517 g/mol. The molecule has 1 fully saturated rings. The van der Waals surface area contributed by atoms with Gasteiger partial charge in [-0.3, -0.25) is 14.7 Å². The van der Waals surface area contributed by atoms with Crippen LogP contribution in [0.4, 0.5) is 11.5 Å². The molecule has 0 bridgehead atoms. The zero-order valence-electron chi connectivity index (χ0n) is 21.4.